The van der Waals surface area contributed by atoms with Gasteiger partial charge in [0.15, 0.2) is 12.2 Å². The summed E-state index contributed by atoms with van der Waals surface area (Å²) in [6.07, 6.45) is 0.818. The molecule has 0 aromatic heterocycles. The third-order valence-electron chi connectivity index (χ3n) is 14.7. The standard InChI is InChI=1S/C31H50O7.C27H42O8.2CH4/c1-9-23(10-2)16-22(4)26-14-21(3)15-28(32)31(5,6)25-13-11-12-24(17-25)18-27(36-19-34-7)29(30(33)38-26)37-20-35-8;1-6-18(15-28)10-17(2)23-13-21(29)14-24(31)27(3,4)20-9-7-8-19(11-20)12-22(30)25(26(32)35-23)34-16-33-5;;/h11-13,16-17,21,23,26-29,32H,9-10,14-15,18-20H2,1-8H3;7-11,18,21-25,28-31H,6,12-16H2,1-5H3;2*1H4/b22-16-;17-10-;;/t21-,26+,27-,28+,29+;18-,21-,22-,23+,24+,25+;;/m11../s1. The molecule has 11 atom stereocenters. The SMILES string of the molecule is C.C.CCC(/C=C(/C)[C@@H]1C[C@@H](C)C[C@H](O)C(C)(C)c2cccc(c2)C[C@@H](OCOC)[C@H](OCOC)C(=O)O1)CC.CC[C@H](/C=C(/C)[C@@H]1C[C@@H](O)C[C@H](O)C(C)(C)c2cccc(c2)C[C@@H](O)[C@H](OCOC)C(=O)O1)CO. The van der Waals surface area contributed by atoms with Gasteiger partial charge in [0.25, 0.3) is 0 Å². The van der Waals surface area contributed by atoms with Crippen molar-refractivity contribution >= 4 is 11.9 Å². The van der Waals surface area contributed by atoms with Gasteiger partial charge in [-0.1, -0.05) is 131 Å². The Hall–Kier alpha value is -3.58. The number of aliphatic hydroxyl groups is 5. The number of aliphatic hydroxyl groups excluding tert-OH is 5. The number of methoxy groups -OCH3 is 3. The fourth-order valence-corrected chi connectivity index (χ4v) is 9.40. The summed E-state index contributed by atoms with van der Waals surface area (Å²) in [5.74, 6) is -0.876. The van der Waals surface area contributed by atoms with Gasteiger partial charge in [0.1, 0.15) is 38.7 Å². The molecule has 4 rings (SSSR count). The maximum atomic E-state index is 13.7. The lowest BCUT2D eigenvalue weighted by Crippen LogP contribution is -2.44. The number of benzene rings is 2. The summed E-state index contributed by atoms with van der Waals surface area (Å²) in [6, 6.07) is 15.6. The molecule has 75 heavy (non-hydrogen) atoms. The topological polar surface area (TPSA) is 209 Å². The van der Waals surface area contributed by atoms with Gasteiger partial charge in [-0.05, 0) is 91.2 Å². The zero-order valence-corrected chi connectivity index (χ0v) is 46.2. The Morgan fingerprint density at radius 3 is 1.57 bits per heavy atom. The molecule has 0 aliphatic carbocycles. The van der Waals surface area contributed by atoms with Crippen LogP contribution in [0.2, 0.25) is 0 Å². The minimum absolute atomic E-state index is 0. The molecule has 0 fully saturated rings. The van der Waals surface area contributed by atoms with Crippen LogP contribution in [0.1, 0.15) is 151 Å². The quantitative estimate of drug-likeness (QED) is 0.0569. The molecule has 15 nitrogen and oxygen atoms in total. The molecule has 2 aromatic rings. The second kappa shape index (κ2) is 34.3. The summed E-state index contributed by atoms with van der Waals surface area (Å²) < 4.78 is 44.6. The molecular formula is C60H100O15. The maximum absolute atomic E-state index is 13.7. The number of carbonyl (C=O) groups excluding carboxylic acids is 2. The van der Waals surface area contributed by atoms with Crippen molar-refractivity contribution in [2.45, 2.75) is 208 Å². The van der Waals surface area contributed by atoms with Crippen molar-refractivity contribution in [1.82, 2.24) is 0 Å². The Labute approximate surface area is 451 Å². The Bertz CT molecular complexity index is 1990. The van der Waals surface area contributed by atoms with E-state index in [9.17, 15) is 35.1 Å². The number of fused-ring (bicyclic) bond motifs is 4. The van der Waals surface area contributed by atoms with Crippen LogP contribution in [0.5, 0.6) is 0 Å². The molecule has 0 saturated heterocycles. The van der Waals surface area contributed by atoms with Crippen molar-refractivity contribution in [3.8, 4) is 0 Å². The molecular weight excluding hydrogens is 961 g/mol. The zero-order chi connectivity index (χ0) is 54.5. The van der Waals surface area contributed by atoms with Gasteiger partial charge in [0.05, 0.1) is 24.4 Å². The van der Waals surface area contributed by atoms with E-state index in [1.54, 1.807) is 14.0 Å². The number of hydrogen-bond donors (Lipinski definition) is 5. The monoisotopic (exact) mass is 1060 g/mol. The maximum Gasteiger partial charge on any atom is 0.338 e. The molecule has 2 aliphatic rings. The van der Waals surface area contributed by atoms with Crippen LogP contribution in [0.15, 0.2) is 71.8 Å². The number of ether oxygens (including phenoxy) is 8. The molecule has 0 radical (unpaired) electrons. The predicted octanol–water partition coefficient (Wildman–Crippen LogP) is 9.09. The Kier molecular flexibility index (Phi) is 31.8. The minimum atomic E-state index is -1.30. The van der Waals surface area contributed by atoms with Gasteiger partial charge in [0.2, 0.25) is 0 Å². The van der Waals surface area contributed by atoms with Crippen LogP contribution in [-0.4, -0.2) is 141 Å². The number of cyclic esters (lactones) is 2. The Morgan fingerprint density at radius 2 is 1.08 bits per heavy atom. The van der Waals surface area contributed by atoms with Crippen molar-refractivity contribution < 1.29 is 73.0 Å². The van der Waals surface area contributed by atoms with E-state index < -0.39 is 77.7 Å². The number of esters is 2. The van der Waals surface area contributed by atoms with Gasteiger partial charge in [0, 0.05) is 70.4 Å². The van der Waals surface area contributed by atoms with E-state index in [0.29, 0.717) is 37.2 Å². The highest BCUT2D eigenvalue weighted by molar-refractivity contribution is 5.76. The average molecular weight is 1060 g/mol. The number of allylic oxidation sites excluding steroid dienone is 1. The lowest BCUT2D eigenvalue weighted by molar-refractivity contribution is -0.192. The Balaban J connectivity index is 0.000000733. The molecule has 0 saturated carbocycles. The summed E-state index contributed by atoms with van der Waals surface area (Å²) in [6.45, 7) is 19.8. The lowest BCUT2D eigenvalue weighted by atomic mass is 9.75. The molecule has 430 valence electrons. The van der Waals surface area contributed by atoms with Crippen molar-refractivity contribution in [3.05, 3.63) is 94.1 Å². The van der Waals surface area contributed by atoms with Crippen LogP contribution in [-0.2, 0) is 71.2 Å². The smallest absolute Gasteiger partial charge is 0.338 e. The first-order chi connectivity index (χ1) is 34.6. The Morgan fingerprint density at radius 1 is 0.640 bits per heavy atom. The molecule has 0 spiro atoms. The molecule has 2 heterocycles. The summed E-state index contributed by atoms with van der Waals surface area (Å²) in [7, 11) is 4.48. The van der Waals surface area contributed by atoms with Crippen molar-refractivity contribution in [2.24, 2.45) is 17.8 Å². The van der Waals surface area contributed by atoms with E-state index in [4.69, 9.17) is 37.9 Å². The summed E-state index contributed by atoms with van der Waals surface area (Å²) >= 11 is 0. The largest absolute Gasteiger partial charge is 0.456 e. The first-order valence-electron chi connectivity index (χ1n) is 26.2. The average Bonchev–Trinajstić information content (AvgIpc) is 3.35. The van der Waals surface area contributed by atoms with Crippen LogP contribution in [0.25, 0.3) is 0 Å². The van der Waals surface area contributed by atoms with Gasteiger partial charge in [-0.15, -0.1) is 0 Å². The normalized spacial score (nSPS) is 27.4. The van der Waals surface area contributed by atoms with Crippen LogP contribution < -0.4 is 0 Å². The summed E-state index contributed by atoms with van der Waals surface area (Å²) in [5, 5.41) is 53.8. The van der Waals surface area contributed by atoms with E-state index in [1.807, 2.05) is 76.2 Å². The van der Waals surface area contributed by atoms with E-state index in [2.05, 4.69) is 46.8 Å². The van der Waals surface area contributed by atoms with E-state index in [-0.39, 0.29) is 72.9 Å². The van der Waals surface area contributed by atoms with Crippen LogP contribution in [0.4, 0.5) is 0 Å². The third-order valence-corrected chi connectivity index (χ3v) is 14.7. The highest BCUT2D eigenvalue weighted by Crippen LogP contribution is 2.35. The molecule has 2 aromatic carbocycles. The highest BCUT2D eigenvalue weighted by Gasteiger charge is 2.39. The molecule has 0 unspecified atom stereocenters. The van der Waals surface area contributed by atoms with Gasteiger partial charge in [-0.2, -0.15) is 0 Å². The second-order valence-corrected chi connectivity index (χ2v) is 21.3. The molecule has 5 N–H and O–H groups in total. The number of hydrogen-bond acceptors (Lipinski definition) is 15. The predicted molar refractivity (Wildman–Crippen MR) is 294 cm³/mol. The molecule has 15 heteroatoms. The van der Waals surface area contributed by atoms with Crippen molar-refractivity contribution in [2.75, 3.05) is 48.3 Å². The zero-order valence-electron chi connectivity index (χ0n) is 46.2. The summed E-state index contributed by atoms with van der Waals surface area (Å²) in [5.41, 5.74) is 4.19. The molecule has 0 amide bonds. The van der Waals surface area contributed by atoms with Gasteiger partial charge < -0.3 is 63.4 Å². The fraction of sp³-hybridized carbons (Fsp3) is 0.700. The first kappa shape index (κ1) is 69.4. The van der Waals surface area contributed by atoms with E-state index in [1.165, 1.54) is 14.2 Å². The second-order valence-electron chi connectivity index (χ2n) is 21.3. The van der Waals surface area contributed by atoms with E-state index >= 15 is 0 Å². The summed E-state index contributed by atoms with van der Waals surface area (Å²) in [4.78, 5) is 26.9. The third kappa shape index (κ3) is 21.3. The first-order valence-corrected chi connectivity index (χ1v) is 26.2. The van der Waals surface area contributed by atoms with Gasteiger partial charge >= 0.3 is 11.9 Å². The highest BCUT2D eigenvalue weighted by atomic mass is 16.7. The van der Waals surface area contributed by atoms with Crippen LogP contribution in [0.3, 0.4) is 0 Å². The van der Waals surface area contributed by atoms with Crippen molar-refractivity contribution in [3.63, 3.8) is 0 Å². The van der Waals surface area contributed by atoms with Gasteiger partial charge in [-0.3, -0.25) is 0 Å². The van der Waals surface area contributed by atoms with Gasteiger partial charge in [-0.25, -0.2) is 9.59 Å². The molecule has 4 bridgehead atoms. The van der Waals surface area contributed by atoms with Crippen molar-refractivity contribution in [1.29, 1.82) is 0 Å². The van der Waals surface area contributed by atoms with E-state index in [0.717, 1.165) is 40.7 Å². The van der Waals surface area contributed by atoms with Crippen LogP contribution >= 0.6 is 0 Å². The molecule has 2 aliphatic heterocycles. The van der Waals surface area contributed by atoms with Crippen LogP contribution in [0, 0.1) is 17.8 Å². The fourth-order valence-electron chi connectivity index (χ4n) is 9.40. The lowest BCUT2D eigenvalue weighted by Gasteiger charge is -2.35. The number of rotatable bonds is 17. The minimum Gasteiger partial charge on any atom is -0.456 e. The number of carbonyl (C=O) groups is 2.